The van der Waals surface area contributed by atoms with Crippen molar-refractivity contribution < 1.29 is 14.3 Å². The van der Waals surface area contributed by atoms with Crippen molar-refractivity contribution >= 4 is 17.7 Å². The largest absolute Gasteiger partial charge is 0.497 e. The first kappa shape index (κ1) is 15.6. The van der Waals surface area contributed by atoms with E-state index in [9.17, 15) is 4.79 Å². The van der Waals surface area contributed by atoms with Crippen LogP contribution in [0.3, 0.4) is 0 Å². The summed E-state index contributed by atoms with van der Waals surface area (Å²) in [5, 5.41) is 2.79. The van der Waals surface area contributed by atoms with Gasteiger partial charge in [0.15, 0.2) is 0 Å². The molecule has 2 rings (SSSR count). The van der Waals surface area contributed by atoms with Crippen LogP contribution in [0.5, 0.6) is 11.5 Å². The Hall–Kier alpha value is -2.75. The zero-order valence-electron chi connectivity index (χ0n) is 12.9. The van der Waals surface area contributed by atoms with Crippen molar-refractivity contribution in [3.05, 3.63) is 59.7 Å². The van der Waals surface area contributed by atoms with Crippen LogP contribution in [0, 0.1) is 6.92 Å². The summed E-state index contributed by atoms with van der Waals surface area (Å²) in [6.07, 6.45) is 3.25. The van der Waals surface area contributed by atoms with Crippen molar-refractivity contribution in [3.63, 3.8) is 0 Å². The summed E-state index contributed by atoms with van der Waals surface area (Å²) >= 11 is 0. The minimum Gasteiger partial charge on any atom is -0.497 e. The smallest absolute Gasteiger partial charge is 0.248 e. The molecule has 22 heavy (non-hydrogen) atoms. The van der Waals surface area contributed by atoms with Crippen LogP contribution in [0.15, 0.2) is 48.5 Å². The first-order valence-electron chi connectivity index (χ1n) is 6.90. The van der Waals surface area contributed by atoms with Gasteiger partial charge in [-0.3, -0.25) is 4.79 Å². The van der Waals surface area contributed by atoms with Crippen molar-refractivity contribution in [2.75, 3.05) is 19.5 Å². The molecule has 4 nitrogen and oxygen atoms in total. The lowest BCUT2D eigenvalue weighted by atomic mass is 10.1. The summed E-state index contributed by atoms with van der Waals surface area (Å²) in [5.41, 5.74) is 2.72. The molecule has 0 unspecified atom stereocenters. The number of carbonyl (C=O) groups excluding carboxylic acids is 1. The Bertz CT molecular complexity index is 675. The summed E-state index contributed by atoms with van der Waals surface area (Å²) in [6.45, 7) is 2.02. The molecule has 1 N–H and O–H groups in total. The zero-order valence-corrected chi connectivity index (χ0v) is 12.9. The number of ether oxygens (including phenoxy) is 2. The molecular weight excluding hydrogens is 278 g/mol. The van der Waals surface area contributed by atoms with Crippen molar-refractivity contribution in [2.45, 2.75) is 6.92 Å². The van der Waals surface area contributed by atoms with Crippen LogP contribution in [0.25, 0.3) is 6.08 Å². The van der Waals surface area contributed by atoms with E-state index in [1.54, 1.807) is 38.5 Å². The topological polar surface area (TPSA) is 47.6 Å². The van der Waals surface area contributed by atoms with Gasteiger partial charge in [-0.15, -0.1) is 0 Å². The maximum absolute atomic E-state index is 12.0. The average Bonchev–Trinajstić information content (AvgIpc) is 2.54. The maximum atomic E-state index is 12.0. The van der Waals surface area contributed by atoms with Gasteiger partial charge in [0.05, 0.1) is 19.9 Å². The Labute approximate surface area is 130 Å². The Morgan fingerprint density at radius 3 is 2.41 bits per heavy atom. The lowest BCUT2D eigenvalue weighted by Gasteiger charge is -2.10. The summed E-state index contributed by atoms with van der Waals surface area (Å²) in [7, 11) is 3.13. The second-order valence-corrected chi connectivity index (χ2v) is 4.80. The highest BCUT2D eigenvalue weighted by Crippen LogP contribution is 2.28. The molecule has 4 heteroatoms. The summed E-state index contributed by atoms with van der Waals surface area (Å²) in [5.74, 6) is 1.00. The minimum absolute atomic E-state index is 0.230. The molecule has 0 aliphatic carbocycles. The van der Waals surface area contributed by atoms with Crippen LogP contribution in [-0.4, -0.2) is 20.1 Å². The molecular formula is C18H19NO3. The second-order valence-electron chi connectivity index (χ2n) is 4.80. The molecule has 0 heterocycles. The van der Waals surface area contributed by atoms with E-state index in [2.05, 4.69) is 5.32 Å². The molecule has 2 aromatic rings. The molecule has 0 aromatic heterocycles. The molecule has 0 saturated heterocycles. The van der Waals surface area contributed by atoms with Gasteiger partial charge in [-0.2, -0.15) is 0 Å². The second kappa shape index (κ2) is 7.31. The molecule has 114 valence electrons. The number of anilines is 1. The van der Waals surface area contributed by atoms with Gasteiger partial charge < -0.3 is 14.8 Å². The lowest BCUT2D eigenvalue weighted by Crippen LogP contribution is -2.09. The van der Waals surface area contributed by atoms with Crippen molar-refractivity contribution in [1.82, 2.24) is 0 Å². The first-order valence-corrected chi connectivity index (χ1v) is 6.90. The van der Waals surface area contributed by atoms with E-state index >= 15 is 0 Å². The molecule has 0 saturated carbocycles. The number of methoxy groups -OCH3 is 2. The Morgan fingerprint density at radius 1 is 1.05 bits per heavy atom. The van der Waals surface area contributed by atoms with Gasteiger partial charge in [-0.25, -0.2) is 0 Å². The predicted octanol–water partition coefficient (Wildman–Crippen LogP) is 3.66. The molecule has 2 aromatic carbocycles. The SMILES string of the molecule is COc1ccc(OC)c(NC(=O)/C=C/c2ccc(C)cc2)c1. The summed E-state index contributed by atoms with van der Waals surface area (Å²) in [4.78, 5) is 12.0. The summed E-state index contributed by atoms with van der Waals surface area (Å²) < 4.78 is 10.4. The number of hydrogen-bond donors (Lipinski definition) is 1. The highest BCUT2D eigenvalue weighted by molar-refractivity contribution is 6.02. The number of aryl methyl sites for hydroxylation is 1. The van der Waals surface area contributed by atoms with Crippen molar-refractivity contribution in [1.29, 1.82) is 0 Å². The van der Waals surface area contributed by atoms with Gasteiger partial charge in [0.2, 0.25) is 5.91 Å². The Balaban J connectivity index is 2.09. The highest BCUT2D eigenvalue weighted by atomic mass is 16.5. The number of hydrogen-bond acceptors (Lipinski definition) is 3. The fourth-order valence-electron chi connectivity index (χ4n) is 1.94. The number of amides is 1. The van der Waals surface area contributed by atoms with Crippen LogP contribution in [0.2, 0.25) is 0 Å². The van der Waals surface area contributed by atoms with E-state index in [-0.39, 0.29) is 5.91 Å². The van der Waals surface area contributed by atoms with Crippen LogP contribution in [-0.2, 0) is 4.79 Å². The van der Waals surface area contributed by atoms with E-state index < -0.39 is 0 Å². The van der Waals surface area contributed by atoms with E-state index in [0.29, 0.717) is 17.2 Å². The normalized spacial score (nSPS) is 10.5. The monoisotopic (exact) mass is 297 g/mol. The van der Waals surface area contributed by atoms with Crippen LogP contribution in [0.4, 0.5) is 5.69 Å². The quantitative estimate of drug-likeness (QED) is 0.857. The Morgan fingerprint density at radius 2 is 1.77 bits per heavy atom. The summed E-state index contributed by atoms with van der Waals surface area (Å²) in [6, 6.07) is 13.2. The minimum atomic E-state index is -0.230. The molecule has 0 fully saturated rings. The lowest BCUT2D eigenvalue weighted by molar-refractivity contribution is -0.111. The van der Waals surface area contributed by atoms with Crippen LogP contribution < -0.4 is 14.8 Å². The molecule has 0 spiro atoms. The number of rotatable bonds is 5. The third-order valence-corrected chi connectivity index (χ3v) is 3.17. The van der Waals surface area contributed by atoms with E-state index in [1.807, 2.05) is 31.2 Å². The number of carbonyl (C=O) groups is 1. The molecule has 0 radical (unpaired) electrons. The third-order valence-electron chi connectivity index (χ3n) is 3.17. The van der Waals surface area contributed by atoms with Crippen LogP contribution >= 0.6 is 0 Å². The standard InChI is InChI=1S/C18H19NO3/c1-13-4-6-14(7-5-13)8-11-18(20)19-16-12-15(21-2)9-10-17(16)22-3/h4-12H,1-3H3,(H,19,20)/b11-8+. The van der Waals surface area contributed by atoms with Crippen LogP contribution in [0.1, 0.15) is 11.1 Å². The van der Waals surface area contributed by atoms with Gasteiger partial charge in [0.1, 0.15) is 11.5 Å². The predicted molar refractivity (Wildman–Crippen MR) is 88.4 cm³/mol. The van der Waals surface area contributed by atoms with Gasteiger partial charge in [0.25, 0.3) is 0 Å². The molecule has 0 bridgehead atoms. The van der Waals surface area contributed by atoms with Gasteiger partial charge in [-0.1, -0.05) is 29.8 Å². The first-order chi connectivity index (χ1) is 10.6. The number of nitrogens with one attached hydrogen (secondary N) is 1. The van der Waals surface area contributed by atoms with Gasteiger partial charge in [-0.05, 0) is 30.7 Å². The van der Waals surface area contributed by atoms with Gasteiger partial charge in [0, 0.05) is 12.1 Å². The van der Waals surface area contributed by atoms with E-state index in [4.69, 9.17) is 9.47 Å². The van der Waals surface area contributed by atoms with Crippen molar-refractivity contribution in [2.24, 2.45) is 0 Å². The maximum Gasteiger partial charge on any atom is 0.248 e. The van der Waals surface area contributed by atoms with E-state index in [1.165, 1.54) is 11.6 Å². The average molecular weight is 297 g/mol. The third kappa shape index (κ3) is 4.12. The molecule has 0 aliphatic rings. The highest BCUT2D eigenvalue weighted by Gasteiger charge is 2.07. The molecule has 1 amide bonds. The van der Waals surface area contributed by atoms with E-state index in [0.717, 1.165) is 5.56 Å². The molecule has 0 aliphatic heterocycles. The molecule has 0 atom stereocenters. The Kier molecular flexibility index (Phi) is 5.20. The fraction of sp³-hybridized carbons (Fsp3) is 0.167. The van der Waals surface area contributed by atoms with Crippen molar-refractivity contribution in [3.8, 4) is 11.5 Å². The van der Waals surface area contributed by atoms with Gasteiger partial charge >= 0.3 is 0 Å². The number of benzene rings is 2. The fourth-order valence-corrected chi connectivity index (χ4v) is 1.94. The zero-order chi connectivity index (χ0) is 15.9.